The average Bonchev–Trinajstić information content (AvgIpc) is 2.62. The zero-order valence-corrected chi connectivity index (χ0v) is 15.6. The van der Waals surface area contributed by atoms with E-state index in [2.05, 4.69) is 22.1 Å². The fraction of sp³-hybridized carbons (Fsp3) is 0.333. The molecule has 4 rings (SSSR count). The molecule has 2 aromatic carbocycles. The molecule has 26 heavy (non-hydrogen) atoms. The van der Waals surface area contributed by atoms with Crippen molar-refractivity contribution < 1.29 is 4.74 Å². The van der Waals surface area contributed by atoms with E-state index in [4.69, 9.17) is 4.74 Å². The van der Waals surface area contributed by atoms with Crippen molar-refractivity contribution in [3.8, 4) is 0 Å². The fourth-order valence-electron chi connectivity index (χ4n) is 3.19. The molecule has 1 N–H and O–H groups in total. The Balaban J connectivity index is 1.29. The highest BCUT2D eigenvalue weighted by molar-refractivity contribution is 7.99. The molecule has 0 radical (unpaired) electrons. The molecule has 1 heterocycles. The number of nitrogens with zero attached hydrogens (tertiary/aromatic N) is 1. The van der Waals surface area contributed by atoms with Gasteiger partial charge in [-0.25, -0.2) is 4.98 Å². The minimum atomic E-state index is -0.0491. The normalized spacial score (nSPS) is 19.4. The number of nitrogens with one attached hydrogen (secondary N) is 1. The van der Waals surface area contributed by atoms with Gasteiger partial charge in [0.15, 0.2) is 0 Å². The van der Waals surface area contributed by atoms with E-state index in [0.717, 1.165) is 35.5 Å². The number of ether oxygens (including phenoxy) is 1. The van der Waals surface area contributed by atoms with Crippen LogP contribution in [0.1, 0.15) is 29.8 Å². The molecule has 0 unspecified atom stereocenters. The van der Waals surface area contributed by atoms with Gasteiger partial charge in [-0.2, -0.15) is 11.8 Å². The number of para-hydroxylation sites is 1. The zero-order chi connectivity index (χ0) is 17.9. The molecule has 1 saturated carbocycles. The number of H-pyrrole nitrogens is 1. The number of aromatic amines is 1. The van der Waals surface area contributed by atoms with Gasteiger partial charge in [-0.3, -0.25) is 4.79 Å². The van der Waals surface area contributed by atoms with E-state index >= 15 is 0 Å². The second-order valence-corrected chi connectivity index (χ2v) is 8.10. The second-order valence-electron chi connectivity index (χ2n) is 6.81. The van der Waals surface area contributed by atoms with Gasteiger partial charge in [-0.15, -0.1) is 0 Å². The topological polar surface area (TPSA) is 55.0 Å². The first-order valence-corrected chi connectivity index (χ1v) is 9.99. The molecular formula is C21H22N2O2S. The van der Waals surface area contributed by atoms with Crippen LogP contribution in [0.2, 0.25) is 0 Å². The number of thioether (sulfide) groups is 1. The maximum atomic E-state index is 12.2. The summed E-state index contributed by atoms with van der Waals surface area (Å²) in [4.78, 5) is 19.8. The van der Waals surface area contributed by atoms with Gasteiger partial charge in [0, 0.05) is 5.25 Å². The van der Waals surface area contributed by atoms with Crippen LogP contribution in [0.5, 0.6) is 0 Å². The number of rotatable bonds is 6. The van der Waals surface area contributed by atoms with E-state index in [9.17, 15) is 4.79 Å². The van der Waals surface area contributed by atoms with Gasteiger partial charge in [0.05, 0.1) is 29.4 Å². The number of hydrogen-bond acceptors (Lipinski definition) is 4. The number of fused-ring (bicyclic) bond motifs is 1. The highest BCUT2D eigenvalue weighted by Crippen LogP contribution is 2.35. The average molecular weight is 366 g/mol. The molecular weight excluding hydrogens is 344 g/mol. The van der Waals surface area contributed by atoms with Crippen molar-refractivity contribution in [2.24, 2.45) is 0 Å². The van der Waals surface area contributed by atoms with Crippen molar-refractivity contribution in [2.75, 3.05) is 0 Å². The number of aromatic nitrogens is 2. The van der Waals surface area contributed by atoms with Crippen molar-refractivity contribution in [1.82, 2.24) is 9.97 Å². The predicted molar refractivity (Wildman–Crippen MR) is 106 cm³/mol. The summed E-state index contributed by atoms with van der Waals surface area (Å²) in [6, 6.07) is 16.0. The van der Waals surface area contributed by atoms with Gasteiger partial charge in [0.2, 0.25) is 0 Å². The van der Waals surface area contributed by atoms with Gasteiger partial charge >= 0.3 is 0 Å². The van der Waals surface area contributed by atoms with Crippen LogP contribution in [0.15, 0.2) is 53.3 Å². The third-order valence-corrected chi connectivity index (χ3v) is 6.12. The minimum Gasteiger partial charge on any atom is -0.373 e. The summed E-state index contributed by atoms with van der Waals surface area (Å²) in [5, 5.41) is 1.24. The molecule has 1 aliphatic rings. The number of hydrogen-bond donors (Lipinski definition) is 1. The van der Waals surface area contributed by atoms with Gasteiger partial charge in [0.25, 0.3) is 5.56 Å². The van der Waals surface area contributed by atoms with Crippen LogP contribution in [0.25, 0.3) is 10.9 Å². The molecule has 0 amide bonds. The standard InChI is InChI=1S/C21H22N2O2S/c1-14-6-5-9-18-20(14)22-19(23-21(18)24)13-26-17-10-16(11-17)25-12-15-7-3-2-4-8-15/h2-9,16-17H,10-13H2,1H3,(H,22,23,24)/t16-,17-. The third-order valence-electron chi connectivity index (χ3n) is 4.82. The Morgan fingerprint density at radius 1 is 1.15 bits per heavy atom. The Labute approximate surface area is 157 Å². The highest BCUT2D eigenvalue weighted by atomic mass is 32.2. The van der Waals surface area contributed by atoms with Crippen LogP contribution in [0.4, 0.5) is 0 Å². The molecule has 134 valence electrons. The minimum absolute atomic E-state index is 0.0491. The molecule has 0 bridgehead atoms. The summed E-state index contributed by atoms with van der Waals surface area (Å²) < 4.78 is 5.95. The Morgan fingerprint density at radius 3 is 2.77 bits per heavy atom. The summed E-state index contributed by atoms with van der Waals surface area (Å²) in [5.74, 6) is 1.49. The predicted octanol–water partition coefficient (Wildman–Crippen LogP) is 4.21. The number of benzene rings is 2. The maximum Gasteiger partial charge on any atom is 0.258 e. The highest BCUT2D eigenvalue weighted by Gasteiger charge is 2.30. The number of aryl methyl sites for hydroxylation is 1. The zero-order valence-electron chi connectivity index (χ0n) is 14.8. The maximum absolute atomic E-state index is 12.2. The molecule has 0 saturated heterocycles. The van der Waals surface area contributed by atoms with Gasteiger partial charge < -0.3 is 9.72 Å². The Morgan fingerprint density at radius 2 is 1.96 bits per heavy atom. The van der Waals surface area contributed by atoms with Crippen molar-refractivity contribution in [2.45, 2.75) is 43.5 Å². The van der Waals surface area contributed by atoms with Crippen LogP contribution in [0.3, 0.4) is 0 Å². The van der Waals surface area contributed by atoms with E-state index in [1.54, 1.807) is 0 Å². The summed E-state index contributed by atoms with van der Waals surface area (Å²) in [7, 11) is 0. The van der Waals surface area contributed by atoms with Crippen molar-refractivity contribution in [1.29, 1.82) is 0 Å². The summed E-state index contributed by atoms with van der Waals surface area (Å²) in [5.41, 5.74) is 3.02. The monoisotopic (exact) mass is 366 g/mol. The van der Waals surface area contributed by atoms with Crippen LogP contribution >= 0.6 is 11.8 Å². The molecule has 1 aliphatic carbocycles. The second kappa shape index (κ2) is 7.64. The summed E-state index contributed by atoms with van der Waals surface area (Å²) >= 11 is 1.85. The largest absolute Gasteiger partial charge is 0.373 e. The van der Waals surface area contributed by atoms with E-state index in [-0.39, 0.29) is 5.56 Å². The third kappa shape index (κ3) is 3.84. The van der Waals surface area contributed by atoms with E-state index < -0.39 is 0 Å². The molecule has 0 spiro atoms. The summed E-state index contributed by atoms with van der Waals surface area (Å²) in [6.45, 7) is 2.67. The fourth-order valence-corrected chi connectivity index (χ4v) is 4.43. The Bertz CT molecular complexity index is 949. The molecule has 0 aliphatic heterocycles. The molecule has 1 aromatic heterocycles. The van der Waals surface area contributed by atoms with Crippen LogP contribution < -0.4 is 5.56 Å². The molecule has 0 atom stereocenters. The Hall–Kier alpha value is -2.11. The van der Waals surface area contributed by atoms with Gasteiger partial charge in [-0.1, -0.05) is 42.5 Å². The van der Waals surface area contributed by atoms with Crippen LogP contribution in [-0.4, -0.2) is 21.3 Å². The first-order valence-electron chi connectivity index (χ1n) is 8.94. The first kappa shape index (κ1) is 17.3. The van der Waals surface area contributed by atoms with Crippen molar-refractivity contribution >= 4 is 22.7 Å². The van der Waals surface area contributed by atoms with E-state index in [0.29, 0.717) is 23.3 Å². The molecule has 4 nitrogen and oxygen atoms in total. The first-order chi connectivity index (χ1) is 12.7. The van der Waals surface area contributed by atoms with Crippen LogP contribution in [-0.2, 0) is 17.1 Å². The SMILES string of the molecule is Cc1cccc2c(=O)[nH]c(CS[C@H]3C[C@H](OCc4ccccc4)C3)nc12. The molecule has 5 heteroatoms. The van der Waals surface area contributed by atoms with Crippen molar-refractivity contribution in [3.63, 3.8) is 0 Å². The molecule has 1 fully saturated rings. The van der Waals surface area contributed by atoms with Gasteiger partial charge in [0.1, 0.15) is 5.82 Å². The van der Waals surface area contributed by atoms with E-state index in [1.807, 2.05) is 55.1 Å². The summed E-state index contributed by atoms with van der Waals surface area (Å²) in [6.07, 6.45) is 2.47. The van der Waals surface area contributed by atoms with E-state index in [1.165, 1.54) is 5.56 Å². The Kier molecular flexibility index (Phi) is 5.09. The lowest BCUT2D eigenvalue weighted by atomic mass is 9.95. The van der Waals surface area contributed by atoms with Crippen molar-refractivity contribution in [3.05, 3.63) is 75.8 Å². The molecule has 3 aromatic rings. The lowest BCUT2D eigenvalue weighted by molar-refractivity contribution is -0.00501. The smallest absolute Gasteiger partial charge is 0.258 e. The van der Waals surface area contributed by atoms with Gasteiger partial charge in [-0.05, 0) is 37.0 Å². The quantitative estimate of drug-likeness (QED) is 0.710. The lowest BCUT2D eigenvalue weighted by Crippen LogP contribution is -2.33. The van der Waals surface area contributed by atoms with Crippen LogP contribution in [0, 0.1) is 6.92 Å². The lowest BCUT2D eigenvalue weighted by Gasteiger charge is -2.34.